The predicted octanol–water partition coefficient (Wildman–Crippen LogP) is 3.50. The lowest BCUT2D eigenvalue weighted by molar-refractivity contribution is -0.116. The molecule has 30 heavy (non-hydrogen) atoms. The number of nitrogens with one attached hydrogen (secondary N) is 2. The van der Waals surface area contributed by atoms with Crippen molar-refractivity contribution >= 4 is 48.9 Å². The fourth-order valence-corrected chi connectivity index (χ4v) is 4.94. The number of carbonyl (C=O) groups is 1. The molecule has 0 saturated carbocycles. The summed E-state index contributed by atoms with van der Waals surface area (Å²) in [7, 11) is -3.73. The van der Waals surface area contributed by atoms with Crippen LogP contribution in [-0.4, -0.2) is 18.3 Å². The van der Waals surface area contributed by atoms with Crippen molar-refractivity contribution in [1.29, 1.82) is 0 Å². The summed E-state index contributed by atoms with van der Waals surface area (Å²) in [6.45, 7) is -0.117. The van der Waals surface area contributed by atoms with Gasteiger partial charge in [-0.1, -0.05) is 41.9 Å². The lowest BCUT2D eigenvalue weighted by Crippen LogP contribution is -2.23. The van der Waals surface area contributed by atoms with E-state index in [1.54, 1.807) is 42.5 Å². The van der Waals surface area contributed by atoms with Crippen LogP contribution >= 0.6 is 11.5 Å². The van der Waals surface area contributed by atoms with Gasteiger partial charge in [-0.25, -0.2) is 8.42 Å². The first-order chi connectivity index (χ1) is 14.4. The van der Waals surface area contributed by atoms with Crippen LogP contribution in [0.25, 0.3) is 10.1 Å². The van der Waals surface area contributed by atoms with Gasteiger partial charge in [-0.05, 0) is 48.5 Å². The lowest BCUT2D eigenvalue weighted by atomic mass is 10.3. The summed E-state index contributed by atoms with van der Waals surface area (Å²) in [5.41, 5.74) is 0.690. The molecule has 1 amide bonds. The molecule has 4 rings (SSSR count). The summed E-state index contributed by atoms with van der Waals surface area (Å²) in [5, 5.41) is 3.26. The number of fused-ring (bicyclic) bond motifs is 1. The van der Waals surface area contributed by atoms with E-state index in [0.29, 0.717) is 16.8 Å². The molecule has 0 saturated heterocycles. The average molecular weight is 440 g/mol. The number of nitrogens with zero attached hydrogens (tertiary/aromatic N) is 1. The fourth-order valence-electron chi connectivity index (χ4n) is 2.89. The van der Waals surface area contributed by atoms with E-state index in [4.69, 9.17) is 0 Å². The van der Waals surface area contributed by atoms with Gasteiger partial charge < -0.3 is 5.32 Å². The Morgan fingerprint density at radius 1 is 0.867 bits per heavy atom. The minimum Gasteiger partial charge on any atom is -0.325 e. The molecule has 0 unspecified atom stereocenters. The summed E-state index contributed by atoms with van der Waals surface area (Å²) in [4.78, 5) is 24.8. The number of para-hydroxylation sites is 1. The molecule has 0 aliphatic carbocycles. The molecule has 0 fully saturated rings. The Balaban J connectivity index is 1.44. The summed E-state index contributed by atoms with van der Waals surface area (Å²) in [6.07, 6.45) is 0. The van der Waals surface area contributed by atoms with Gasteiger partial charge in [0.05, 0.1) is 15.0 Å². The molecular formula is C21H17N3O4S2. The standard InChI is InChI=1S/C21H17N3O4S2/c25-20(14-24-21(26)18-8-4-5-9-19(18)29-24)22-15-10-12-17(13-11-15)30(27,28)23-16-6-2-1-3-7-16/h1-13,23H,14H2,(H,22,25). The highest BCUT2D eigenvalue weighted by Crippen LogP contribution is 2.19. The van der Waals surface area contributed by atoms with Crippen LogP contribution in [0.2, 0.25) is 0 Å². The molecule has 0 bridgehead atoms. The van der Waals surface area contributed by atoms with Crippen LogP contribution in [0.3, 0.4) is 0 Å². The molecule has 2 N–H and O–H groups in total. The molecule has 0 aliphatic rings. The molecule has 4 aromatic rings. The van der Waals surface area contributed by atoms with Crippen LogP contribution < -0.4 is 15.6 Å². The Morgan fingerprint density at radius 3 is 2.23 bits per heavy atom. The normalized spacial score (nSPS) is 11.3. The third kappa shape index (κ3) is 4.27. The maximum absolute atomic E-state index is 12.5. The maximum atomic E-state index is 12.5. The van der Waals surface area contributed by atoms with Crippen LogP contribution in [0.4, 0.5) is 11.4 Å². The third-order valence-electron chi connectivity index (χ3n) is 4.31. The first-order valence-electron chi connectivity index (χ1n) is 8.99. The molecular weight excluding hydrogens is 422 g/mol. The van der Waals surface area contributed by atoms with E-state index in [1.807, 2.05) is 12.1 Å². The topological polar surface area (TPSA) is 97.3 Å². The largest absolute Gasteiger partial charge is 0.325 e. The number of hydrogen-bond donors (Lipinski definition) is 2. The third-order valence-corrected chi connectivity index (χ3v) is 6.78. The van der Waals surface area contributed by atoms with E-state index < -0.39 is 10.0 Å². The number of sulfonamides is 1. The van der Waals surface area contributed by atoms with E-state index >= 15 is 0 Å². The molecule has 152 valence electrons. The first kappa shape index (κ1) is 19.9. The van der Waals surface area contributed by atoms with Crippen molar-refractivity contribution in [3.05, 3.63) is 89.2 Å². The van der Waals surface area contributed by atoms with E-state index in [9.17, 15) is 18.0 Å². The van der Waals surface area contributed by atoms with Gasteiger partial charge in [0.1, 0.15) is 6.54 Å². The van der Waals surface area contributed by atoms with Crippen molar-refractivity contribution in [2.45, 2.75) is 11.4 Å². The zero-order chi connectivity index (χ0) is 21.1. The van der Waals surface area contributed by atoms with Crippen molar-refractivity contribution in [2.24, 2.45) is 0 Å². The number of amides is 1. The monoisotopic (exact) mass is 439 g/mol. The molecule has 1 aromatic heterocycles. The van der Waals surface area contributed by atoms with Gasteiger partial charge in [-0.3, -0.25) is 18.3 Å². The molecule has 7 nitrogen and oxygen atoms in total. The van der Waals surface area contributed by atoms with Crippen LogP contribution in [0.15, 0.2) is 88.6 Å². The second-order valence-electron chi connectivity index (χ2n) is 6.47. The summed E-state index contributed by atoms with van der Waals surface area (Å²) < 4.78 is 29.6. The highest BCUT2D eigenvalue weighted by molar-refractivity contribution is 7.92. The molecule has 9 heteroatoms. The Bertz CT molecular complexity index is 1360. The number of rotatable bonds is 6. The highest BCUT2D eigenvalue weighted by Gasteiger charge is 2.15. The molecule has 0 radical (unpaired) electrons. The maximum Gasteiger partial charge on any atom is 0.268 e. The molecule has 1 heterocycles. The van der Waals surface area contributed by atoms with Gasteiger partial charge in [-0.2, -0.15) is 0 Å². The van der Waals surface area contributed by atoms with E-state index in [0.717, 1.165) is 4.70 Å². The minimum absolute atomic E-state index is 0.0741. The van der Waals surface area contributed by atoms with Crippen LogP contribution in [-0.2, 0) is 21.4 Å². The van der Waals surface area contributed by atoms with E-state index in [2.05, 4.69) is 10.0 Å². The number of aromatic nitrogens is 1. The molecule has 0 aliphatic heterocycles. The van der Waals surface area contributed by atoms with Gasteiger partial charge in [0.25, 0.3) is 15.6 Å². The Labute approximate surface area is 176 Å². The predicted molar refractivity (Wildman–Crippen MR) is 118 cm³/mol. The number of hydrogen-bond acceptors (Lipinski definition) is 5. The van der Waals surface area contributed by atoms with Crippen LogP contribution in [0.5, 0.6) is 0 Å². The zero-order valence-electron chi connectivity index (χ0n) is 15.6. The molecule has 0 atom stereocenters. The number of benzene rings is 3. The lowest BCUT2D eigenvalue weighted by Gasteiger charge is -2.09. The first-order valence-corrected chi connectivity index (χ1v) is 11.2. The van der Waals surface area contributed by atoms with Gasteiger partial charge in [0.2, 0.25) is 5.91 Å². The summed E-state index contributed by atoms with van der Waals surface area (Å²) in [5.74, 6) is -0.373. The SMILES string of the molecule is O=C(Cn1sc2ccccc2c1=O)Nc1ccc(S(=O)(=O)Nc2ccccc2)cc1. The average Bonchev–Trinajstić information content (AvgIpc) is 3.04. The van der Waals surface area contributed by atoms with Crippen molar-refractivity contribution in [1.82, 2.24) is 3.96 Å². The number of carbonyl (C=O) groups excluding carboxylic acids is 1. The van der Waals surface area contributed by atoms with Gasteiger partial charge in [0.15, 0.2) is 0 Å². The van der Waals surface area contributed by atoms with Crippen molar-refractivity contribution in [3.8, 4) is 0 Å². The smallest absolute Gasteiger partial charge is 0.268 e. The Hall–Kier alpha value is -3.43. The van der Waals surface area contributed by atoms with Crippen LogP contribution in [0, 0.1) is 0 Å². The van der Waals surface area contributed by atoms with Crippen LogP contribution in [0.1, 0.15) is 0 Å². The van der Waals surface area contributed by atoms with E-state index in [-0.39, 0.29) is 22.9 Å². The van der Waals surface area contributed by atoms with Crippen molar-refractivity contribution < 1.29 is 13.2 Å². The zero-order valence-corrected chi connectivity index (χ0v) is 17.2. The second-order valence-corrected chi connectivity index (χ2v) is 9.22. The fraction of sp³-hybridized carbons (Fsp3) is 0.0476. The molecule has 3 aromatic carbocycles. The number of anilines is 2. The summed E-state index contributed by atoms with van der Waals surface area (Å²) in [6, 6.07) is 21.6. The summed E-state index contributed by atoms with van der Waals surface area (Å²) >= 11 is 1.23. The molecule has 0 spiro atoms. The highest BCUT2D eigenvalue weighted by atomic mass is 32.2. The Kier molecular flexibility index (Phi) is 5.39. The van der Waals surface area contributed by atoms with Crippen molar-refractivity contribution in [3.63, 3.8) is 0 Å². The van der Waals surface area contributed by atoms with Gasteiger partial charge >= 0.3 is 0 Å². The van der Waals surface area contributed by atoms with Crippen molar-refractivity contribution in [2.75, 3.05) is 10.0 Å². The Morgan fingerprint density at radius 2 is 1.53 bits per heavy atom. The minimum atomic E-state index is -3.73. The van der Waals surface area contributed by atoms with Gasteiger partial charge in [0, 0.05) is 11.4 Å². The second kappa shape index (κ2) is 8.13. The van der Waals surface area contributed by atoms with E-state index in [1.165, 1.54) is 39.8 Å². The van der Waals surface area contributed by atoms with Gasteiger partial charge in [-0.15, -0.1) is 0 Å². The quantitative estimate of drug-likeness (QED) is 0.480.